The molecule has 3 nitrogen and oxygen atoms in total. The van der Waals surface area contributed by atoms with E-state index in [1.807, 2.05) is 0 Å². The number of ketones is 1. The van der Waals surface area contributed by atoms with Crippen molar-refractivity contribution in [3.05, 3.63) is 0 Å². The molecule has 3 heteroatoms. The van der Waals surface area contributed by atoms with Crippen LogP contribution in [0.25, 0.3) is 0 Å². The van der Waals surface area contributed by atoms with Crippen LogP contribution in [0.3, 0.4) is 0 Å². The summed E-state index contributed by atoms with van der Waals surface area (Å²) in [5, 5.41) is 0. The zero-order valence-corrected chi connectivity index (χ0v) is 10.2. The van der Waals surface area contributed by atoms with Crippen LogP contribution in [0.4, 0.5) is 0 Å². The van der Waals surface area contributed by atoms with Gasteiger partial charge in [0.25, 0.3) is 0 Å². The molecule has 1 rings (SSSR count). The molecule has 0 spiro atoms. The molecule has 0 radical (unpaired) electrons. The van der Waals surface area contributed by atoms with Crippen molar-refractivity contribution in [3.8, 4) is 0 Å². The molecule has 0 unspecified atom stereocenters. The molecule has 1 saturated carbocycles. The number of ether oxygens (including phenoxy) is 1. The second kappa shape index (κ2) is 3.62. The van der Waals surface area contributed by atoms with E-state index in [0.717, 1.165) is 6.42 Å². The van der Waals surface area contributed by atoms with Gasteiger partial charge in [0.15, 0.2) is 0 Å². The lowest BCUT2D eigenvalue weighted by atomic mass is 9.53. The van der Waals surface area contributed by atoms with Crippen LogP contribution in [-0.4, -0.2) is 17.9 Å². The van der Waals surface area contributed by atoms with Crippen LogP contribution in [0.1, 0.15) is 47.5 Å². The van der Waals surface area contributed by atoms with Crippen molar-refractivity contribution in [2.75, 3.05) is 0 Å². The number of rotatable bonds is 3. The molecule has 0 heterocycles. The lowest BCUT2D eigenvalue weighted by Gasteiger charge is -2.56. The standard InChI is InChI=1S/C12H20O3/c1-8(13)6-9(14)15-10-11(2,3)7-12(10,4)5/h10H,6-7H2,1-5H3. The van der Waals surface area contributed by atoms with Gasteiger partial charge < -0.3 is 4.74 Å². The van der Waals surface area contributed by atoms with Crippen LogP contribution in [0, 0.1) is 10.8 Å². The van der Waals surface area contributed by atoms with Crippen LogP contribution in [0.15, 0.2) is 0 Å². The second-order valence-corrected chi connectivity index (χ2v) is 5.90. The molecule has 1 aliphatic carbocycles. The molecule has 0 saturated heterocycles. The van der Waals surface area contributed by atoms with Crippen LogP contribution in [0.5, 0.6) is 0 Å². The van der Waals surface area contributed by atoms with Crippen LogP contribution >= 0.6 is 0 Å². The minimum Gasteiger partial charge on any atom is -0.461 e. The summed E-state index contributed by atoms with van der Waals surface area (Å²) >= 11 is 0. The summed E-state index contributed by atoms with van der Waals surface area (Å²) in [5.41, 5.74) is 0.0753. The number of Topliss-reactive ketones (excluding diaryl/α,β-unsaturated/α-hetero) is 1. The Morgan fingerprint density at radius 1 is 1.20 bits per heavy atom. The molecule has 1 aliphatic rings. The van der Waals surface area contributed by atoms with Gasteiger partial charge in [0.05, 0.1) is 0 Å². The SMILES string of the molecule is CC(=O)CC(=O)OC1C(C)(C)CC1(C)C. The number of carbonyl (C=O) groups excluding carboxylic acids is 2. The summed E-state index contributed by atoms with van der Waals surface area (Å²) in [6.45, 7) is 9.75. The van der Waals surface area contributed by atoms with E-state index in [-0.39, 0.29) is 29.1 Å². The molecule has 0 aromatic heterocycles. The minimum absolute atomic E-state index is 0.0376. The topological polar surface area (TPSA) is 43.4 Å². The molecular weight excluding hydrogens is 192 g/mol. The molecular formula is C12H20O3. The van der Waals surface area contributed by atoms with Gasteiger partial charge in [0.1, 0.15) is 18.3 Å². The minimum atomic E-state index is -0.395. The Hall–Kier alpha value is -0.860. The van der Waals surface area contributed by atoms with Gasteiger partial charge in [-0.2, -0.15) is 0 Å². The average Bonchev–Trinajstić information content (AvgIpc) is 1.96. The Bertz CT molecular complexity index is 275. The Morgan fingerprint density at radius 3 is 2.00 bits per heavy atom. The summed E-state index contributed by atoms with van der Waals surface area (Å²) < 4.78 is 5.37. The summed E-state index contributed by atoms with van der Waals surface area (Å²) in [5.74, 6) is -0.539. The van der Waals surface area contributed by atoms with Crippen molar-refractivity contribution < 1.29 is 14.3 Å². The Morgan fingerprint density at radius 2 is 1.67 bits per heavy atom. The van der Waals surface area contributed by atoms with Gasteiger partial charge in [0.2, 0.25) is 0 Å². The number of esters is 1. The number of hydrogen-bond donors (Lipinski definition) is 0. The van der Waals surface area contributed by atoms with Gasteiger partial charge >= 0.3 is 5.97 Å². The fourth-order valence-corrected chi connectivity index (χ4v) is 2.98. The smallest absolute Gasteiger partial charge is 0.313 e. The van der Waals surface area contributed by atoms with Crippen LogP contribution < -0.4 is 0 Å². The highest BCUT2D eigenvalue weighted by atomic mass is 16.5. The van der Waals surface area contributed by atoms with E-state index in [9.17, 15) is 9.59 Å². The van der Waals surface area contributed by atoms with Crippen molar-refractivity contribution in [2.45, 2.75) is 53.6 Å². The lowest BCUT2D eigenvalue weighted by molar-refractivity contribution is -0.198. The molecule has 86 valence electrons. The van der Waals surface area contributed by atoms with E-state index < -0.39 is 5.97 Å². The van der Waals surface area contributed by atoms with Gasteiger partial charge in [-0.05, 0) is 13.3 Å². The Kier molecular flexibility index (Phi) is 2.94. The van der Waals surface area contributed by atoms with E-state index in [1.165, 1.54) is 6.92 Å². The van der Waals surface area contributed by atoms with Crippen LogP contribution in [0.2, 0.25) is 0 Å². The van der Waals surface area contributed by atoms with Crippen LogP contribution in [-0.2, 0) is 14.3 Å². The first-order chi connectivity index (χ1) is 6.65. The monoisotopic (exact) mass is 212 g/mol. The van der Waals surface area contributed by atoms with E-state index in [0.29, 0.717) is 0 Å². The summed E-state index contributed by atoms with van der Waals surface area (Å²) in [6, 6.07) is 0. The summed E-state index contributed by atoms with van der Waals surface area (Å²) in [7, 11) is 0. The summed E-state index contributed by atoms with van der Waals surface area (Å²) in [4.78, 5) is 22.2. The first kappa shape index (κ1) is 12.2. The maximum atomic E-state index is 11.4. The Labute approximate surface area is 91.2 Å². The van der Waals surface area contributed by atoms with E-state index >= 15 is 0 Å². The van der Waals surface area contributed by atoms with Gasteiger partial charge in [0, 0.05) is 10.8 Å². The molecule has 0 bridgehead atoms. The zero-order valence-electron chi connectivity index (χ0n) is 10.2. The first-order valence-electron chi connectivity index (χ1n) is 5.34. The molecule has 0 N–H and O–H groups in total. The highest BCUT2D eigenvalue weighted by Gasteiger charge is 2.55. The lowest BCUT2D eigenvalue weighted by Crippen LogP contribution is -2.57. The van der Waals surface area contributed by atoms with E-state index in [1.54, 1.807) is 0 Å². The predicted molar refractivity (Wildman–Crippen MR) is 57.4 cm³/mol. The van der Waals surface area contributed by atoms with Gasteiger partial charge in [-0.15, -0.1) is 0 Å². The predicted octanol–water partition coefficient (Wildman–Crippen LogP) is 2.33. The molecule has 1 fully saturated rings. The van der Waals surface area contributed by atoms with Crippen molar-refractivity contribution in [1.82, 2.24) is 0 Å². The largest absolute Gasteiger partial charge is 0.461 e. The molecule has 0 aromatic carbocycles. The molecule has 0 amide bonds. The third-order valence-corrected chi connectivity index (χ3v) is 2.97. The maximum Gasteiger partial charge on any atom is 0.313 e. The van der Waals surface area contributed by atoms with Crippen molar-refractivity contribution in [1.29, 1.82) is 0 Å². The Balaban J connectivity index is 2.57. The van der Waals surface area contributed by atoms with E-state index in [4.69, 9.17) is 4.74 Å². The zero-order chi connectivity index (χ0) is 11.9. The molecule has 15 heavy (non-hydrogen) atoms. The maximum absolute atomic E-state index is 11.4. The second-order valence-electron chi connectivity index (χ2n) is 5.90. The van der Waals surface area contributed by atoms with Gasteiger partial charge in [-0.25, -0.2) is 0 Å². The van der Waals surface area contributed by atoms with Crippen molar-refractivity contribution >= 4 is 11.8 Å². The number of carbonyl (C=O) groups is 2. The molecule has 0 aliphatic heterocycles. The quantitative estimate of drug-likeness (QED) is 0.532. The highest BCUT2D eigenvalue weighted by molar-refractivity contribution is 5.94. The first-order valence-corrected chi connectivity index (χ1v) is 5.34. The third-order valence-electron chi connectivity index (χ3n) is 2.97. The summed E-state index contributed by atoms with van der Waals surface area (Å²) in [6.07, 6.45) is 0.859. The van der Waals surface area contributed by atoms with Crippen molar-refractivity contribution in [3.63, 3.8) is 0 Å². The normalized spacial score (nSPS) is 23.0. The fourth-order valence-electron chi connectivity index (χ4n) is 2.98. The number of hydrogen-bond acceptors (Lipinski definition) is 3. The van der Waals surface area contributed by atoms with Gasteiger partial charge in [-0.3, -0.25) is 9.59 Å². The van der Waals surface area contributed by atoms with Gasteiger partial charge in [-0.1, -0.05) is 27.7 Å². The average molecular weight is 212 g/mol. The van der Waals surface area contributed by atoms with E-state index in [2.05, 4.69) is 27.7 Å². The fraction of sp³-hybridized carbons (Fsp3) is 0.833. The highest BCUT2D eigenvalue weighted by Crippen LogP contribution is 2.55. The third kappa shape index (κ3) is 2.58. The van der Waals surface area contributed by atoms with Crippen molar-refractivity contribution in [2.24, 2.45) is 10.8 Å². The molecule has 0 atom stereocenters. The molecule has 0 aromatic rings.